The van der Waals surface area contributed by atoms with Gasteiger partial charge in [-0.2, -0.15) is 0 Å². The molecule has 1 aromatic heterocycles. The molecule has 0 aliphatic rings. The maximum Gasteiger partial charge on any atom is 0.293 e. The first kappa shape index (κ1) is 38.3. The second-order valence-corrected chi connectivity index (χ2v) is 9.13. The van der Waals surface area contributed by atoms with Crippen molar-refractivity contribution in [2.24, 2.45) is 0 Å². The van der Waals surface area contributed by atoms with Crippen molar-refractivity contribution in [3.8, 4) is 23.0 Å². The Morgan fingerprint density at radius 1 is 0.952 bits per heavy atom. The number of carbonyl (C=O) groups excluding carboxylic acids is 2. The molecule has 0 atom stereocenters. The average molecular weight is 606 g/mol. The largest absolute Gasteiger partial charge is 0.493 e. The summed E-state index contributed by atoms with van der Waals surface area (Å²) >= 11 is 4.47. The number of fused-ring (bicyclic) bond motifs is 1. The SMILES string of the molecule is CC.CC.CC(C)(C)OC=O.CCOc1ccc2c(C(=O)c3cc(OC)c(OC)c(OC)c3)cncc2c1N(S)NC. The molecule has 1 N–H and O–H groups in total. The van der Waals surface area contributed by atoms with Crippen LogP contribution in [0.5, 0.6) is 23.0 Å². The minimum atomic E-state index is -0.318. The van der Waals surface area contributed by atoms with Crippen LogP contribution in [0.1, 0.15) is 71.3 Å². The number of benzene rings is 2. The third kappa shape index (κ3) is 10.3. The average Bonchev–Trinajstić information content (AvgIpc) is 3.00. The van der Waals surface area contributed by atoms with E-state index in [2.05, 4.69) is 28.0 Å². The van der Waals surface area contributed by atoms with Gasteiger partial charge in [0.2, 0.25) is 5.75 Å². The van der Waals surface area contributed by atoms with Crippen molar-refractivity contribution in [1.82, 2.24) is 10.4 Å². The lowest BCUT2D eigenvalue weighted by Gasteiger charge is -2.22. The second-order valence-electron chi connectivity index (χ2n) is 8.73. The van der Waals surface area contributed by atoms with Gasteiger partial charge in [0.05, 0.1) is 27.9 Å². The van der Waals surface area contributed by atoms with Crippen molar-refractivity contribution in [2.45, 2.75) is 61.0 Å². The van der Waals surface area contributed by atoms with Crippen LogP contribution in [0.25, 0.3) is 10.8 Å². The summed E-state index contributed by atoms with van der Waals surface area (Å²) in [6, 6.07) is 6.90. The number of nitrogens with zero attached hydrogens (tertiary/aromatic N) is 2. The third-order valence-electron chi connectivity index (χ3n) is 5.17. The monoisotopic (exact) mass is 605 g/mol. The molecule has 0 spiro atoms. The van der Waals surface area contributed by atoms with E-state index < -0.39 is 0 Å². The summed E-state index contributed by atoms with van der Waals surface area (Å²) in [5.41, 5.74) is 4.11. The Morgan fingerprint density at radius 3 is 1.93 bits per heavy atom. The van der Waals surface area contributed by atoms with Gasteiger partial charge in [-0.1, -0.05) is 27.7 Å². The number of anilines is 1. The molecule has 0 saturated heterocycles. The van der Waals surface area contributed by atoms with Crippen molar-refractivity contribution in [3.05, 3.63) is 47.8 Å². The van der Waals surface area contributed by atoms with Crippen molar-refractivity contribution >= 4 is 41.5 Å². The predicted molar refractivity (Wildman–Crippen MR) is 173 cm³/mol. The number of hydrogen-bond acceptors (Lipinski definition) is 11. The maximum atomic E-state index is 13.5. The van der Waals surface area contributed by atoms with Gasteiger partial charge in [0, 0.05) is 36.0 Å². The van der Waals surface area contributed by atoms with Gasteiger partial charge in [-0.05, 0) is 70.2 Å². The van der Waals surface area contributed by atoms with Gasteiger partial charge in [-0.3, -0.25) is 14.6 Å². The highest BCUT2D eigenvalue weighted by molar-refractivity contribution is 7.81. The quantitative estimate of drug-likeness (QED) is 0.112. The Kier molecular flexibility index (Phi) is 17.7. The fraction of sp³-hybridized carbons (Fsp3) is 0.452. The van der Waals surface area contributed by atoms with E-state index in [1.54, 1.807) is 31.6 Å². The van der Waals surface area contributed by atoms with Crippen LogP contribution in [0, 0.1) is 0 Å². The standard InChI is InChI=1S/C22H25N3O5S.C5H10O2.2C2H6/c1-6-30-17-8-7-14-15(20(17)25(31)23-2)11-24-12-16(14)21(26)13-9-18(27-3)22(29-5)19(10-13)28-4;1-5(2,3)7-4-6;2*1-2/h7-12,23,31H,6H2,1-5H3;4H,1-3H3;2*1-2H3. The molecule has 2 aromatic carbocycles. The van der Waals surface area contributed by atoms with Crippen molar-refractivity contribution < 1.29 is 33.3 Å². The van der Waals surface area contributed by atoms with E-state index in [1.807, 2.05) is 67.5 Å². The summed E-state index contributed by atoms with van der Waals surface area (Å²) < 4.78 is 28.0. The highest BCUT2D eigenvalue weighted by Gasteiger charge is 2.22. The minimum absolute atomic E-state index is 0.234. The van der Waals surface area contributed by atoms with E-state index in [1.165, 1.54) is 25.7 Å². The van der Waals surface area contributed by atoms with Gasteiger partial charge >= 0.3 is 0 Å². The molecule has 0 aliphatic heterocycles. The third-order valence-corrected chi connectivity index (χ3v) is 5.57. The Bertz CT molecular complexity index is 1240. The van der Waals surface area contributed by atoms with E-state index in [-0.39, 0.29) is 11.4 Å². The number of rotatable bonds is 10. The molecule has 0 unspecified atom stereocenters. The summed E-state index contributed by atoms with van der Waals surface area (Å²) in [4.78, 5) is 27.4. The topological polar surface area (TPSA) is 108 Å². The van der Waals surface area contributed by atoms with Crippen LogP contribution >= 0.6 is 12.8 Å². The summed E-state index contributed by atoms with van der Waals surface area (Å²) in [6.07, 6.45) is 3.22. The van der Waals surface area contributed by atoms with E-state index in [0.29, 0.717) is 63.7 Å². The molecule has 3 rings (SSSR count). The lowest BCUT2D eigenvalue weighted by Crippen LogP contribution is -2.25. The number of nitrogens with one attached hydrogen (secondary N) is 1. The maximum absolute atomic E-state index is 13.5. The first-order chi connectivity index (χ1) is 20.1. The van der Waals surface area contributed by atoms with E-state index >= 15 is 0 Å². The van der Waals surface area contributed by atoms with Gasteiger partial charge in [-0.15, -0.1) is 0 Å². The number of hydrogen-bond donors (Lipinski definition) is 2. The number of ether oxygens (including phenoxy) is 5. The number of carbonyl (C=O) groups is 2. The lowest BCUT2D eigenvalue weighted by molar-refractivity contribution is -0.138. The second kappa shape index (κ2) is 19.4. The highest BCUT2D eigenvalue weighted by Crippen LogP contribution is 2.40. The number of pyridine rings is 1. The molecule has 0 amide bonds. The number of methoxy groups -OCH3 is 3. The van der Waals surface area contributed by atoms with Crippen molar-refractivity contribution in [1.29, 1.82) is 0 Å². The van der Waals surface area contributed by atoms with Crippen LogP contribution in [0.2, 0.25) is 0 Å². The minimum Gasteiger partial charge on any atom is -0.493 e. The Morgan fingerprint density at radius 2 is 1.52 bits per heavy atom. The van der Waals surface area contributed by atoms with E-state index in [0.717, 1.165) is 0 Å². The van der Waals surface area contributed by atoms with E-state index in [4.69, 9.17) is 18.9 Å². The number of ketones is 1. The van der Waals surface area contributed by atoms with Gasteiger partial charge < -0.3 is 23.7 Å². The molecule has 0 fully saturated rings. The Labute approximate surface area is 256 Å². The summed E-state index contributed by atoms with van der Waals surface area (Å²) in [6.45, 7) is 16.3. The molecular formula is C31H47N3O7S. The molecule has 234 valence electrons. The molecule has 1 heterocycles. The van der Waals surface area contributed by atoms with Crippen molar-refractivity contribution in [2.75, 3.05) is 39.4 Å². The normalized spacial score (nSPS) is 9.93. The highest BCUT2D eigenvalue weighted by atomic mass is 32.1. The van der Waals surface area contributed by atoms with Crippen LogP contribution < -0.4 is 28.8 Å². The molecule has 11 heteroatoms. The van der Waals surface area contributed by atoms with Gasteiger partial charge in [0.1, 0.15) is 17.0 Å². The molecule has 42 heavy (non-hydrogen) atoms. The number of aromatic nitrogens is 1. The molecule has 10 nitrogen and oxygen atoms in total. The first-order valence-electron chi connectivity index (χ1n) is 13.7. The summed E-state index contributed by atoms with van der Waals surface area (Å²) in [7, 11) is 6.26. The molecule has 0 saturated carbocycles. The van der Waals surface area contributed by atoms with E-state index in [9.17, 15) is 9.59 Å². The predicted octanol–water partition coefficient (Wildman–Crippen LogP) is 6.69. The fourth-order valence-electron chi connectivity index (χ4n) is 3.50. The zero-order valence-electron chi connectivity index (χ0n) is 26.9. The fourth-order valence-corrected chi connectivity index (χ4v) is 3.71. The molecular weight excluding hydrogens is 558 g/mol. The number of thiol groups is 1. The van der Waals surface area contributed by atoms with Crippen molar-refractivity contribution in [3.63, 3.8) is 0 Å². The first-order valence-corrected chi connectivity index (χ1v) is 14.1. The van der Waals surface area contributed by atoms with Crippen LogP contribution in [0.3, 0.4) is 0 Å². The zero-order valence-corrected chi connectivity index (χ0v) is 27.8. The van der Waals surface area contributed by atoms with Gasteiger partial charge in [0.15, 0.2) is 17.3 Å². The summed E-state index contributed by atoms with van der Waals surface area (Å²) in [5, 5.41) is 1.43. The van der Waals surface area contributed by atoms with Crippen LogP contribution in [-0.4, -0.2) is 57.8 Å². The Hall–Kier alpha value is -3.70. The van der Waals surface area contributed by atoms with Crippen LogP contribution in [0.4, 0.5) is 5.69 Å². The summed E-state index contributed by atoms with van der Waals surface area (Å²) in [5.74, 6) is 1.60. The van der Waals surface area contributed by atoms with Gasteiger partial charge in [0.25, 0.3) is 6.47 Å². The van der Waals surface area contributed by atoms with Crippen LogP contribution in [0.15, 0.2) is 36.7 Å². The molecule has 0 radical (unpaired) electrons. The Balaban J connectivity index is 0.00000132. The zero-order chi connectivity index (χ0) is 32.5. The van der Waals surface area contributed by atoms with Crippen LogP contribution in [-0.2, 0) is 9.53 Å². The number of hydrazine groups is 1. The lowest BCUT2D eigenvalue weighted by atomic mass is 9.98. The van der Waals surface area contributed by atoms with Gasteiger partial charge in [-0.25, -0.2) is 9.84 Å². The smallest absolute Gasteiger partial charge is 0.293 e. The molecule has 3 aromatic rings. The molecule has 0 bridgehead atoms. The molecule has 0 aliphatic carbocycles.